The third kappa shape index (κ3) is 11.2. The van der Waals surface area contributed by atoms with Crippen molar-refractivity contribution < 1.29 is 10.2 Å². The number of aryl methyl sites for hydroxylation is 1. The van der Waals surface area contributed by atoms with Crippen LogP contribution in [0.4, 0.5) is 0 Å². The lowest BCUT2D eigenvalue weighted by Gasteiger charge is -2.01. The minimum absolute atomic E-state index is 0.250. The zero-order valence-corrected chi connectivity index (χ0v) is 13.7. The first-order valence-corrected chi connectivity index (χ1v) is 8.13. The smallest absolute Gasteiger partial charge is 0.0402 e. The van der Waals surface area contributed by atoms with Gasteiger partial charge >= 0.3 is 0 Å². The van der Waals surface area contributed by atoms with Crippen LogP contribution in [0.15, 0.2) is 42.5 Å². The quantitative estimate of drug-likeness (QED) is 0.625. The summed E-state index contributed by atoms with van der Waals surface area (Å²) in [4.78, 5) is 0. The Morgan fingerprint density at radius 2 is 1.67 bits per heavy atom. The van der Waals surface area contributed by atoms with E-state index in [9.17, 15) is 0 Å². The van der Waals surface area contributed by atoms with Crippen LogP contribution in [0.25, 0.3) is 0 Å². The van der Waals surface area contributed by atoms with Crippen molar-refractivity contribution in [2.45, 2.75) is 51.9 Å². The van der Waals surface area contributed by atoms with Crippen LogP contribution in [0.2, 0.25) is 0 Å². The van der Waals surface area contributed by atoms with E-state index >= 15 is 0 Å². The third-order valence-corrected chi connectivity index (χ3v) is 3.49. The molecular weight excluding hydrogens is 260 g/mol. The van der Waals surface area contributed by atoms with E-state index in [1.165, 1.54) is 50.5 Å². The van der Waals surface area contributed by atoms with Crippen molar-refractivity contribution in [3.63, 3.8) is 0 Å². The van der Waals surface area contributed by atoms with Crippen molar-refractivity contribution in [1.29, 1.82) is 0 Å². The van der Waals surface area contributed by atoms with Gasteiger partial charge in [0.25, 0.3) is 0 Å². The van der Waals surface area contributed by atoms with Gasteiger partial charge in [-0.3, -0.25) is 0 Å². The van der Waals surface area contributed by atoms with Crippen LogP contribution in [-0.2, 0) is 6.42 Å². The summed E-state index contributed by atoms with van der Waals surface area (Å²) in [5, 5.41) is 14.6. The number of hydrogen-bond donors (Lipinski definition) is 2. The van der Waals surface area contributed by atoms with Crippen molar-refractivity contribution in [2.75, 3.05) is 13.7 Å². The van der Waals surface area contributed by atoms with Gasteiger partial charge in [0.2, 0.25) is 0 Å². The second-order valence-electron chi connectivity index (χ2n) is 5.17. The lowest BCUT2D eigenvalue weighted by molar-refractivity contribution is 0.318. The fourth-order valence-corrected chi connectivity index (χ4v) is 2.51. The first kappa shape index (κ1) is 19.9. The molecule has 1 aliphatic carbocycles. The second kappa shape index (κ2) is 15.3. The summed E-state index contributed by atoms with van der Waals surface area (Å²) >= 11 is 0. The zero-order valence-electron chi connectivity index (χ0n) is 13.7. The SMILES string of the molecule is C(=C\C1CCCC1)/CCCc1ccccc1.CCO.CO. The Morgan fingerprint density at radius 1 is 1.10 bits per heavy atom. The molecule has 21 heavy (non-hydrogen) atoms. The predicted octanol–water partition coefficient (Wildman–Crippen LogP) is 4.36. The van der Waals surface area contributed by atoms with Gasteiger partial charge in [-0.15, -0.1) is 0 Å². The van der Waals surface area contributed by atoms with Gasteiger partial charge in [-0.25, -0.2) is 0 Å². The first-order chi connectivity index (χ1) is 10.4. The van der Waals surface area contributed by atoms with Crippen LogP contribution in [0.3, 0.4) is 0 Å². The molecule has 120 valence electrons. The summed E-state index contributed by atoms with van der Waals surface area (Å²) in [5.41, 5.74) is 1.47. The van der Waals surface area contributed by atoms with Gasteiger partial charge in [0, 0.05) is 13.7 Å². The van der Waals surface area contributed by atoms with Gasteiger partial charge in [-0.2, -0.15) is 0 Å². The molecule has 1 aromatic rings. The van der Waals surface area contributed by atoms with Crippen molar-refractivity contribution in [1.82, 2.24) is 0 Å². The van der Waals surface area contributed by atoms with Gasteiger partial charge in [0.1, 0.15) is 0 Å². The molecule has 0 unspecified atom stereocenters. The fraction of sp³-hybridized carbons (Fsp3) is 0.579. The maximum absolute atomic E-state index is 7.57. The summed E-state index contributed by atoms with van der Waals surface area (Å²) in [6.45, 7) is 1.93. The molecule has 0 radical (unpaired) electrons. The topological polar surface area (TPSA) is 40.5 Å². The van der Waals surface area contributed by atoms with E-state index in [0.717, 1.165) is 13.0 Å². The molecule has 0 heterocycles. The second-order valence-corrected chi connectivity index (χ2v) is 5.17. The van der Waals surface area contributed by atoms with E-state index in [4.69, 9.17) is 10.2 Å². The lowest BCUT2D eigenvalue weighted by Crippen LogP contribution is -1.86. The molecule has 2 N–H and O–H groups in total. The average molecular weight is 292 g/mol. The highest BCUT2D eigenvalue weighted by molar-refractivity contribution is 5.14. The van der Waals surface area contributed by atoms with Crippen LogP contribution < -0.4 is 0 Å². The maximum atomic E-state index is 7.57. The Morgan fingerprint density at radius 3 is 2.24 bits per heavy atom. The summed E-state index contributed by atoms with van der Waals surface area (Å²) in [6, 6.07) is 10.8. The molecule has 0 aromatic heterocycles. The summed E-state index contributed by atoms with van der Waals surface area (Å²) in [5.74, 6) is 0.900. The highest BCUT2D eigenvalue weighted by Crippen LogP contribution is 2.25. The summed E-state index contributed by atoms with van der Waals surface area (Å²) in [7, 11) is 1.00. The number of benzene rings is 1. The van der Waals surface area contributed by atoms with Crippen LogP contribution >= 0.6 is 0 Å². The highest BCUT2D eigenvalue weighted by atomic mass is 16.2. The Kier molecular flexibility index (Phi) is 14.5. The van der Waals surface area contributed by atoms with E-state index < -0.39 is 0 Å². The van der Waals surface area contributed by atoms with Crippen molar-refractivity contribution in [3.05, 3.63) is 48.0 Å². The third-order valence-electron chi connectivity index (χ3n) is 3.49. The predicted molar refractivity (Wildman–Crippen MR) is 91.4 cm³/mol. The fourth-order valence-electron chi connectivity index (χ4n) is 2.51. The summed E-state index contributed by atoms with van der Waals surface area (Å²) in [6.07, 6.45) is 14.3. The highest BCUT2D eigenvalue weighted by Gasteiger charge is 2.10. The standard InChI is InChI=1S/C16H22.C2H6O.CH4O/c1-3-9-15(10-4-1)11-5-2-6-12-16-13-7-8-14-16;1-2-3;1-2/h1,3-4,6,9-10,12,16H,2,5,7-8,11,13-14H2;3H,2H2,1H3;2H,1H3/b12-6+;;. The molecule has 0 spiro atoms. The number of aliphatic hydroxyl groups is 2. The monoisotopic (exact) mass is 292 g/mol. The van der Waals surface area contributed by atoms with E-state index in [1.54, 1.807) is 6.92 Å². The molecule has 1 saturated carbocycles. The molecule has 1 aromatic carbocycles. The lowest BCUT2D eigenvalue weighted by atomic mass is 10.1. The maximum Gasteiger partial charge on any atom is 0.0402 e. The number of rotatable bonds is 5. The summed E-state index contributed by atoms with van der Waals surface area (Å²) < 4.78 is 0. The van der Waals surface area contributed by atoms with Crippen LogP contribution in [0.1, 0.15) is 51.0 Å². The van der Waals surface area contributed by atoms with Crippen LogP contribution in [0.5, 0.6) is 0 Å². The Labute approximate surface area is 130 Å². The molecule has 1 aliphatic rings. The van der Waals surface area contributed by atoms with Gasteiger partial charge in [-0.1, -0.05) is 55.3 Å². The van der Waals surface area contributed by atoms with Gasteiger partial charge in [-0.05, 0) is 50.5 Å². The zero-order chi connectivity index (χ0) is 15.8. The number of allylic oxidation sites excluding steroid dienone is 2. The molecule has 0 bridgehead atoms. The minimum atomic E-state index is 0.250. The van der Waals surface area contributed by atoms with Gasteiger partial charge in [0.05, 0.1) is 0 Å². The molecule has 0 aliphatic heterocycles. The first-order valence-electron chi connectivity index (χ1n) is 8.13. The van der Waals surface area contributed by atoms with E-state index in [0.29, 0.717) is 0 Å². The molecule has 2 nitrogen and oxygen atoms in total. The Bertz CT molecular complexity index is 327. The largest absolute Gasteiger partial charge is 0.400 e. The molecule has 2 heteroatoms. The minimum Gasteiger partial charge on any atom is -0.400 e. The number of hydrogen-bond acceptors (Lipinski definition) is 2. The van der Waals surface area contributed by atoms with E-state index in [-0.39, 0.29) is 6.61 Å². The number of aliphatic hydroxyl groups excluding tert-OH is 2. The Hall–Kier alpha value is -1.12. The molecule has 1 fully saturated rings. The van der Waals surface area contributed by atoms with Crippen LogP contribution in [-0.4, -0.2) is 23.9 Å². The molecule has 0 atom stereocenters. The average Bonchev–Trinajstić information content (AvgIpc) is 3.04. The number of unbranched alkanes of at least 4 members (excludes halogenated alkanes) is 1. The van der Waals surface area contributed by atoms with E-state index in [1.807, 2.05) is 0 Å². The van der Waals surface area contributed by atoms with Crippen molar-refractivity contribution in [3.8, 4) is 0 Å². The van der Waals surface area contributed by atoms with Crippen LogP contribution in [0, 0.1) is 5.92 Å². The van der Waals surface area contributed by atoms with Gasteiger partial charge in [0.15, 0.2) is 0 Å². The Balaban J connectivity index is 0.000000713. The normalized spacial score (nSPS) is 14.3. The van der Waals surface area contributed by atoms with Crippen molar-refractivity contribution in [2.24, 2.45) is 5.92 Å². The molecule has 2 rings (SSSR count). The molecule has 0 amide bonds. The van der Waals surface area contributed by atoms with Gasteiger partial charge < -0.3 is 10.2 Å². The molecule has 0 saturated heterocycles. The van der Waals surface area contributed by atoms with Crippen molar-refractivity contribution >= 4 is 0 Å². The molecular formula is C19H32O2. The van der Waals surface area contributed by atoms with E-state index in [2.05, 4.69) is 42.5 Å².